The van der Waals surface area contributed by atoms with Crippen molar-refractivity contribution in [1.29, 1.82) is 0 Å². The minimum Gasteiger partial charge on any atom is -0.341 e. The summed E-state index contributed by atoms with van der Waals surface area (Å²) in [5.74, 6) is 1.21. The number of carbonyl (C=O) groups excluding carboxylic acids is 2. The highest BCUT2D eigenvalue weighted by Gasteiger charge is 2.38. The van der Waals surface area contributed by atoms with Crippen LogP contribution in [-0.4, -0.2) is 40.7 Å². The van der Waals surface area contributed by atoms with Gasteiger partial charge in [-0.3, -0.25) is 9.59 Å². The van der Waals surface area contributed by atoms with Crippen LogP contribution in [-0.2, 0) is 11.3 Å². The van der Waals surface area contributed by atoms with Gasteiger partial charge in [0.05, 0.1) is 0 Å². The lowest BCUT2D eigenvalue weighted by Gasteiger charge is -2.36. The molecule has 1 aromatic carbocycles. The summed E-state index contributed by atoms with van der Waals surface area (Å²) in [5.41, 5.74) is 1.79. The Labute approximate surface area is 144 Å². The summed E-state index contributed by atoms with van der Waals surface area (Å²) >= 11 is 0. The Hall–Kier alpha value is -1.84. The Kier molecular flexibility index (Phi) is 4.93. The first-order valence-electron chi connectivity index (χ1n) is 9.15. The molecule has 0 aromatic heterocycles. The zero-order valence-electron chi connectivity index (χ0n) is 15.0. The number of fused-ring (bicyclic) bond motifs is 1. The summed E-state index contributed by atoms with van der Waals surface area (Å²) in [6.07, 6.45) is 2.85. The second kappa shape index (κ2) is 6.96. The fourth-order valence-electron chi connectivity index (χ4n) is 3.78. The van der Waals surface area contributed by atoms with Crippen molar-refractivity contribution in [3.63, 3.8) is 0 Å². The molecule has 1 fully saturated rings. The maximum absolute atomic E-state index is 13.2. The number of benzene rings is 1. The molecule has 0 spiro atoms. The molecule has 3 rings (SSSR count). The molecule has 4 heteroatoms. The van der Waals surface area contributed by atoms with Gasteiger partial charge in [0.15, 0.2) is 0 Å². The van der Waals surface area contributed by atoms with Crippen LogP contribution in [0.3, 0.4) is 0 Å². The zero-order valence-corrected chi connectivity index (χ0v) is 15.0. The molecule has 1 saturated heterocycles. The number of amides is 2. The third-order valence-electron chi connectivity index (χ3n) is 5.30. The van der Waals surface area contributed by atoms with Crippen molar-refractivity contribution in [1.82, 2.24) is 9.80 Å². The molecular formula is C20H28N2O2. The maximum Gasteiger partial charge on any atom is 0.255 e. The van der Waals surface area contributed by atoms with Crippen LogP contribution in [0.4, 0.5) is 0 Å². The zero-order chi connectivity index (χ0) is 17.3. The molecule has 1 aromatic rings. The van der Waals surface area contributed by atoms with Gasteiger partial charge in [-0.05, 0) is 42.7 Å². The molecule has 2 amide bonds. The maximum atomic E-state index is 13.2. The molecule has 0 unspecified atom stereocenters. The second-order valence-electron chi connectivity index (χ2n) is 7.74. The molecule has 2 aliphatic rings. The Balaban J connectivity index is 1.80. The summed E-state index contributed by atoms with van der Waals surface area (Å²) in [4.78, 5) is 29.7. The van der Waals surface area contributed by atoms with Crippen molar-refractivity contribution in [2.24, 2.45) is 11.8 Å². The highest BCUT2D eigenvalue weighted by Crippen LogP contribution is 2.28. The van der Waals surface area contributed by atoms with Crippen LogP contribution in [0.5, 0.6) is 0 Å². The van der Waals surface area contributed by atoms with Crippen molar-refractivity contribution in [2.75, 3.05) is 13.1 Å². The molecule has 130 valence electrons. The number of likely N-dealkylation sites (tertiary alicyclic amines) is 1. The minimum atomic E-state index is -0.335. The molecule has 1 atom stereocenters. The van der Waals surface area contributed by atoms with Gasteiger partial charge >= 0.3 is 0 Å². The summed E-state index contributed by atoms with van der Waals surface area (Å²) < 4.78 is 0. The van der Waals surface area contributed by atoms with E-state index in [1.807, 2.05) is 29.2 Å². The van der Waals surface area contributed by atoms with Crippen LogP contribution in [0, 0.1) is 11.8 Å². The van der Waals surface area contributed by atoms with Gasteiger partial charge in [-0.1, -0.05) is 39.0 Å². The number of carbonyl (C=O) groups is 2. The first kappa shape index (κ1) is 17.0. The second-order valence-corrected chi connectivity index (χ2v) is 7.74. The lowest BCUT2D eigenvalue weighted by molar-refractivity contribution is -0.138. The molecule has 2 aliphatic heterocycles. The topological polar surface area (TPSA) is 40.6 Å². The quantitative estimate of drug-likeness (QED) is 0.851. The lowest BCUT2D eigenvalue weighted by Crippen LogP contribution is -2.51. The molecule has 0 radical (unpaired) electrons. The van der Waals surface area contributed by atoms with Crippen molar-refractivity contribution in [2.45, 2.75) is 52.6 Å². The van der Waals surface area contributed by atoms with Crippen molar-refractivity contribution >= 4 is 11.8 Å². The van der Waals surface area contributed by atoms with E-state index >= 15 is 0 Å². The number of hydrogen-bond acceptors (Lipinski definition) is 2. The first-order valence-corrected chi connectivity index (χ1v) is 9.15. The average Bonchev–Trinajstić information content (AvgIpc) is 2.90. The highest BCUT2D eigenvalue weighted by atomic mass is 16.2. The van der Waals surface area contributed by atoms with Crippen LogP contribution < -0.4 is 0 Å². The monoisotopic (exact) mass is 328 g/mol. The van der Waals surface area contributed by atoms with Crippen LogP contribution in [0.25, 0.3) is 0 Å². The van der Waals surface area contributed by atoms with Gasteiger partial charge in [0.1, 0.15) is 6.04 Å². The third kappa shape index (κ3) is 3.33. The summed E-state index contributed by atoms with van der Waals surface area (Å²) in [7, 11) is 0. The normalized spacial score (nSPS) is 19.8. The van der Waals surface area contributed by atoms with Gasteiger partial charge < -0.3 is 9.80 Å². The van der Waals surface area contributed by atoms with Gasteiger partial charge in [-0.15, -0.1) is 0 Å². The standard InChI is InChI=1S/C20H28N2O2/c1-14(2)12-18(20(24)21-10-8-15(3)9-11-21)22-13-16-6-4-5-7-17(16)19(22)23/h4-7,14-15,18H,8-13H2,1-3H3/t18-/m0/s1. The molecule has 2 heterocycles. The SMILES string of the molecule is CC(C)C[C@@H](C(=O)N1CCC(C)CC1)N1Cc2ccccc2C1=O. The fourth-order valence-corrected chi connectivity index (χ4v) is 3.78. The molecule has 0 bridgehead atoms. The molecule has 24 heavy (non-hydrogen) atoms. The number of hydrogen-bond donors (Lipinski definition) is 0. The molecule has 0 saturated carbocycles. The van der Waals surface area contributed by atoms with E-state index in [1.165, 1.54) is 0 Å². The van der Waals surface area contributed by atoms with Crippen molar-refractivity contribution < 1.29 is 9.59 Å². The third-order valence-corrected chi connectivity index (χ3v) is 5.30. The minimum absolute atomic E-state index is 0.00924. The molecule has 0 N–H and O–H groups in total. The van der Waals surface area contributed by atoms with Gasteiger partial charge in [-0.25, -0.2) is 0 Å². The predicted octanol–water partition coefficient (Wildman–Crippen LogP) is 3.32. The first-order chi connectivity index (χ1) is 11.5. The van der Waals surface area contributed by atoms with Gasteiger partial charge in [-0.2, -0.15) is 0 Å². The van der Waals surface area contributed by atoms with E-state index in [1.54, 1.807) is 4.90 Å². The van der Waals surface area contributed by atoms with Crippen molar-refractivity contribution in [3.8, 4) is 0 Å². The fraction of sp³-hybridized carbons (Fsp3) is 0.600. The lowest BCUT2D eigenvalue weighted by atomic mass is 9.96. The largest absolute Gasteiger partial charge is 0.341 e. The van der Waals surface area contributed by atoms with Crippen molar-refractivity contribution in [3.05, 3.63) is 35.4 Å². The van der Waals surface area contributed by atoms with E-state index in [-0.39, 0.29) is 17.9 Å². The van der Waals surface area contributed by atoms with E-state index in [4.69, 9.17) is 0 Å². The Morgan fingerprint density at radius 3 is 2.50 bits per heavy atom. The predicted molar refractivity (Wildman–Crippen MR) is 94.5 cm³/mol. The summed E-state index contributed by atoms with van der Waals surface area (Å²) in [6.45, 7) is 8.68. The average molecular weight is 328 g/mol. The molecule has 0 aliphatic carbocycles. The number of nitrogens with zero attached hydrogens (tertiary/aromatic N) is 2. The van der Waals surface area contributed by atoms with E-state index < -0.39 is 0 Å². The summed E-state index contributed by atoms with van der Waals surface area (Å²) in [5, 5.41) is 0. The van der Waals surface area contributed by atoms with Gasteiger partial charge in [0, 0.05) is 25.2 Å². The number of piperidine rings is 1. The van der Waals surface area contributed by atoms with Crippen LogP contribution in [0.2, 0.25) is 0 Å². The van der Waals surface area contributed by atoms with Gasteiger partial charge in [0.2, 0.25) is 5.91 Å². The van der Waals surface area contributed by atoms with E-state index in [9.17, 15) is 9.59 Å². The van der Waals surface area contributed by atoms with Crippen LogP contribution >= 0.6 is 0 Å². The van der Waals surface area contributed by atoms with E-state index in [0.29, 0.717) is 18.4 Å². The Morgan fingerprint density at radius 2 is 1.88 bits per heavy atom. The Morgan fingerprint density at radius 1 is 1.21 bits per heavy atom. The van der Waals surface area contributed by atoms with Gasteiger partial charge in [0.25, 0.3) is 5.91 Å². The Bertz CT molecular complexity index is 618. The smallest absolute Gasteiger partial charge is 0.255 e. The molecular weight excluding hydrogens is 300 g/mol. The van der Waals surface area contributed by atoms with E-state index in [2.05, 4.69) is 20.8 Å². The molecule has 4 nitrogen and oxygen atoms in total. The highest BCUT2D eigenvalue weighted by molar-refractivity contribution is 6.01. The van der Waals surface area contributed by atoms with Crippen LogP contribution in [0.15, 0.2) is 24.3 Å². The van der Waals surface area contributed by atoms with E-state index in [0.717, 1.165) is 43.5 Å². The number of rotatable bonds is 4. The summed E-state index contributed by atoms with van der Waals surface area (Å²) in [6, 6.07) is 7.38. The van der Waals surface area contributed by atoms with Crippen LogP contribution in [0.1, 0.15) is 56.0 Å².